The largest absolute Gasteiger partial charge is 0.346 e. The maximum Gasteiger partial charge on any atom is 0.249 e. The Balaban J connectivity index is 2.96. The van der Waals surface area contributed by atoms with Crippen molar-refractivity contribution in [1.29, 1.82) is 0 Å². The molecule has 1 heterocycles. The highest BCUT2D eigenvalue weighted by atomic mass is 19.2. The van der Waals surface area contributed by atoms with Crippen molar-refractivity contribution in [2.75, 3.05) is 0 Å². The Kier molecular flexibility index (Phi) is 2.68. The summed E-state index contributed by atoms with van der Waals surface area (Å²) in [5.41, 5.74) is -0.149. The summed E-state index contributed by atoms with van der Waals surface area (Å²) in [5, 5.41) is 2.43. The first-order valence-electron chi connectivity index (χ1n) is 4.26. The minimum atomic E-state index is -1.70. The number of rotatable bonds is 1. The standard InChI is InChI=1S/C9H13F2NO/c1-4(2)8-7(11)6(10)5(3)9(13)12-8/h4,7-8H,1-3H3,(H,12,13). The number of hydrogen-bond acceptors (Lipinski definition) is 1. The fraction of sp³-hybridized carbons (Fsp3) is 0.667. The highest BCUT2D eigenvalue weighted by Crippen LogP contribution is 2.25. The van der Waals surface area contributed by atoms with Crippen LogP contribution >= 0.6 is 0 Å². The molecule has 0 bridgehead atoms. The minimum absolute atomic E-state index is 0.113. The van der Waals surface area contributed by atoms with Crippen LogP contribution in [0.3, 0.4) is 0 Å². The van der Waals surface area contributed by atoms with Crippen molar-refractivity contribution in [3.05, 3.63) is 11.4 Å². The molecule has 0 spiro atoms. The van der Waals surface area contributed by atoms with Crippen molar-refractivity contribution >= 4 is 5.91 Å². The van der Waals surface area contributed by atoms with Crippen LogP contribution in [-0.2, 0) is 4.79 Å². The van der Waals surface area contributed by atoms with E-state index in [9.17, 15) is 13.6 Å². The summed E-state index contributed by atoms with van der Waals surface area (Å²) < 4.78 is 26.3. The normalized spacial score (nSPS) is 29.5. The van der Waals surface area contributed by atoms with Gasteiger partial charge < -0.3 is 5.32 Å². The monoisotopic (exact) mass is 189 g/mol. The second-order valence-corrected chi connectivity index (χ2v) is 3.62. The topological polar surface area (TPSA) is 29.1 Å². The molecule has 0 aromatic carbocycles. The molecule has 0 saturated heterocycles. The Morgan fingerprint density at radius 2 is 2.00 bits per heavy atom. The van der Waals surface area contributed by atoms with Gasteiger partial charge in [0.1, 0.15) is 5.83 Å². The summed E-state index contributed by atoms with van der Waals surface area (Å²) in [5.74, 6) is -1.55. The van der Waals surface area contributed by atoms with Crippen LogP contribution in [0.4, 0.5) is 8.78 Å². The van der Waals surface area contributed by atoms with E-state index in [1.165, 1.54) is 6.92 Å². The molecule has 1 amide bonds. The zero-order valence-corrected chi connectivity index (χ0v) is 7.90. The first kappa shape index (κ1) is 10.2. The van der Waals surface area contributed by atoms with Gasteiger partial charge in [-0.2, -0.15) is 0 Å². The van der Waals surface area contributed by atoms with Gasteiger partial charge in [0.05, 0.1) is 6.04 Å². The van der Waals surface area contributed by atoms with E-state index in [0.29, 0.717) is 0 Å². The van der Waals surface area contributed by atoms with Gasteiger partial charge in [-0.25, -0.2) is 8.78 Å². The predicted octanol–water partition coefficient (Wildman–Crippen LogP) is 1.72. The SMILES string of the molecule is CC1=C(F)C(F)C(C(C)C)NC1=O. The molecule has 1 aliphatic rings. The van der Waals surface area contributed by atoms with E-state index in [1.807, 2.05) is 0 Å². The fourth-order valence-corrected chi connectivity index (χ4v) is 1.31. The molecule has 1 rings (SSSR count). The maximum absolute atomic E-state index is 13.3. The van der Waals surface area contributed by atoms with Crippen molar-refractivity contribution in [2.24, 2.45) is 5.92 Å². The number of halogens is 2. The Bertz CT molecular complexity index is 260. The number of amides is 1. The van der Waals surface area contributed by atoms with Crippen LogP contribution in [0.2, 0.25) is 0 Å². The molecular formula is C9H13F2NO. The molecule has 0 aliphatic carbocycles. The number of nitrogens with one attached hydrogen (secondary N) is 1. The lowest BCUT2D eigenvalue weighted by atomic mass is 9.93. The summed E-state index contributed by atoms with van der Waals surface area (Å²) in [6.45, 7) is 4.77. The zero-order chi connectivity index (χ0) is 10.2. The molecule has 2 unspecified atom stereocenters. The zero-order valence-electron chi connectivity index (χ0n) is 7.90. The second-order valence-electron chi connectivity index (χ2n) is 3.62. The molecule has 0 saturated carbocycles. The van der Waals surface area contributed by atoms with Crippen LogP contribution in [0.1, 0.15) is 20.8 Å². The van der Waals surface area contributed by atoms with Gasteiger partial charge >= 0.3 is 0 Å². The minimum Gasteiger partial charge on any atom is -0.346 e. The van der Waals surface area contributed by atoms with Gasteiger partial charge in [-0.05, 0) is 12.8 Å². The molecule has 13 heavy (non-hydrogen) atoms. The van der Waals surface area contributed by atoms with Gasteiger partial charge in [-0.15, -0.1) is 0 Å². The number of carbonyl (C=O) groups is 1. The van der Waals surface area contributed by atoms with Crippen molar-refractivity contribution in [3.63, 3.8) is 0 Å². The van der Waals surface area contributed by atoms with E-state index in [1.54, 1.807) is 13.8 Å². The van der Waals surface area contributed by atoms with Crippen molar-refractivity contribution in [3.8, 4) is 0 Å². The van der Waals surface area contributed by atoms with E-state index in [4.69, 9.17) is 0 Å². The van der Waals surface area contributed by atoms with Gasteiger partial charge in [0.15, 0.2) is 6.17 Å². The van der Waals surface area contributed by atoms with Gasteiger partial charge in [0.2, 0.25) is 5.91 Å². The third kappa shape index (κ3) is 1.71. The lowest BCUT2D eigenvalue weighted by molar-refractivity contribution is -0.120. The molecule has 2 nitrogen and oxygen atoms in total. The first-order valence-corrected chi connectivity index (χ1v) is 4.26. The Labute approximate surface area is 76.0 Å². The molecule has 74 valence electrons. The smallest absolute Gasteiger partial charge is 0.249 e. The summed E-state index contributed by atoms with van der Waals surface area (Å²) in [4.78, 5) is 11.1. The third-order valence-electron chi connectivity index (χ3n) is 2.27. The molecule has 4 heteroatoms. The second kappa shape index (κ2) is 3.44. The molecule has 1 N–H and O–H groups in total. The molecule has 0 fully saturated rings. The molecule has 1 aliphatic heterocycles. The predicted molar refractivity (Wildman–Crippen MR) is 45.5 cm³/mol. The van der Waals surface area contributed by atoms with Crippen LogP contribution in [0, 0.1) is 5.92 Å². The van der Waals surface area contributed by atoms with Crippen LogP contribution in [-0.4, -0.2) is 18.1 Å². The molecule has 2 atom stereocenters. The molecule has 0 radical (unpaired) electrons. The average molecular weight is 189 g/mol. The van der Waals surface area contributed by atoms with Crippen LogP contribution in [0.15, 0.2) is 11.4 Å². The average Bonchev–Trinajstić information content (AvgIpc) is 2.07. The summed E-state index contributed by atoms with van der Waals surface area (Å²) >= 11 is 0. The van der Waals surface area contributed by atoms with E-state index in [-0.39, 0.29) is 11.5 Å². The van der Waals surface area contributed by atoms with E-state index >= 15 is 0 Å². The number of carbonyl (C=O) groups excluding carboxylic acids is 1. The molecular weight excluding hydrogens is 176 g/mol. The lowest BCUT2D eigenvalue weighted by Gasteiger charge is -2.29. The van der Waals surface area contributed by atoms with Crippen LogP contribution in [0.25, 0.3) is 0 Å². The molecule has 0 aromatic heterocycles. The van der Waals surface area contributed by atoms with Crippen molar-refractivity contribution in [1.82, 2.24) is 5.32 Å². The number of alkyl halides is 1. The Morgan fingerprint density at radius 1 is 1.46 bits per heavy atom. The molecule has 0 aromatic rings. The number of hydrogen-bond donors (Lipinski definition) is 1. The van der Waals surface area contributed by atoms with Crippen LogP contribution < -0.4 is 5.32 Å². The lowest BCUT2D eigenvalue weighted by Crippen LogP contribution is -2.49. The summed E-state index contributed by atoms with van der Waals surface area (Å²) in [6.07, 6.45) is -1.70. The van der Waals surface area contributed by atoms with Crippen LogP contribution in [0.5, 0.6) is 0 Å². The van der Waals surface area contributed by atoms with Gasteiger partial charge in [-0.3, -0.25) is 4.79 Å². The summed E-state index contributed by atoms with van der Waals surface area (Å²) in [7, 11) is 0. The third-order valence-corrected chi connectivity index (χ3v) is 2.27. The Hall–Kier alpha value is -0.930. The first-order chi connectivity index (χ1) is 5.95. The van der Waals surface area contributed by atoms with E-state index < -0.39 is 23.9 Å². The fourth-order valence-electron chi connectivity index (χ4n) is 1.31. The van der Waals surface area contributed by atoms with Gasteiger partial charge in [-0.1, -0.05) is 13.8 Å². The van der Waals surface area contributed by atoms with Gasteiger partial charge in [0, 0.05) is 5.57 Å². The highest BCUT2D eigenvalue weighted by Gasteiger charge is 2.36. The quantitative estimate of drug-likeness (QED) is 0.668. The maximum atomic E-state index is 13.3. The van der Waals surface area contributed by atoms with Crippen molar-refractivity contribution in [2.45, 2.75) is 33.0 Å². The van der Waals surface area contributed by atoms with Crippen molar-refractivity contribution < 1.29 is 13.6 Å². The van der Waals surface area contributed by atoms with Gasteiger partial charge in [0.25, 0.3) is 0 Å². The Morgan fingerprint density at radius 3 is 2.46 bits per heavy atom. The van der Waals surface area contributed by atoms with E-state index in [0.717, 1.165) is 0 Å². The van der Waals surface area contributed by atoms with E-state index in [2.05, 4.69) is 5.32 Å². The highest BCUT2D eigenvalue weighted by molar-refractivity contribution is 5.94. The summed E-state index contributed by atoms with van der Waals surface area (Å²) in [6, 6.07) is -0.740.